The van der Waals surface area contributed by atoms with Crippen LogP contribution in [0.4, 0.5) is 10.2 Å². The number of aromatic nitrogens is 2. The predicted octanol–water partition coefficient (Wildman–Crippen LogP) is 2.30. The molecular formula is C11H9BrFN3O2. The maximum atomic E-state index is 14.2. The van der Waals surface area contributed by atoms with E-state index in [-0.39, 0.29) is 12.4 Å². The Labute approximate surface area is 110 Å². The molecule has 7 heteroatoms. The number of hydrogen-bond acceptors (Lipinski definition) is 4. The van der Waals surface area contributed by atoms with Gasteiger partial charge in [-0.3, -0.25) is 4.68 Å². The van der Waals surface area contributed by atoms with E-state index in [1.165, 1.54) is 10.7 Å². The lowest BCUT2D eigenvalue weighted by atomic mass is 10.1. The number of nitrogens with two attached hydrogens (primary N) is 1. The summed E-state index contributed by atoms with van der Waals surface area (Å²) in [6.45, 7) is 0.0700. The minimum Gasteiger partial charge on any atom is -0.454 e. The monoisotopic (exact) mass is 313 g/mol. The summed E-state index contributed by atoms with van der Waals surface area (Å²) in [6, 6.07) is 3.13. The van der Waals surface area contributed by atoms with Gasteiger partial charge >= 0.3 is 0 Å². The molecule has 0 unspecified atom stereocenters. The highest BCUT2D eigenvalue weighted by molar-refractivity contribution is 9.10. The summed E-state index contributed by atoms with van der Waals surface area (Å²) < 4.78 is 26.5. The van der Waals surface area contributed by atoms with Crippen LogP contribution in [0.2, 0.25) is 0 Å². The average molecular weight is 314 g/mol. The van der Waals surface area contributed by atoms with Crippen LogP contribution in [0.5, 0.6) is 11.5 Å². The van der Waals surface area contributed by atoms with E-state index in [0.29, 0.717) is 27.5 Å². The van der Waals surface area contributed by atoms with E-state index < -0.39 is 5.82 Å². The molecular weight excluding hydrogens is 305 g/mol. The van der Waals surface area contributed by atoms with Gasteiger partial charge in [0.25, 0.3) is 0 Å². The van der Waals surface area contributed by atoms with E-state index in [1.807, 2.05) is 0 Å². The van der Waals surface area contributed by atoms with E-state index >= 15 is 0 Å². The van der Waals surface area contributed by atoms with Crippen LogP contribution in [-0.2, 0) is 7.05 Å². The average Bonchev–Trinajstić information content (AvgIpc) is 2.88. The molecule has 2 aromatic rings. The van der Waals surface area contributed by atoms with Gasteiger partial charge in [-0.15, -0.1) is 0 Å². The molecule has 0 atom stereocenters. The quantitative estimate of drug-likeness (QED) is 0.877. The molecule has 0 amide bonds. The Kier molecular flexibility index (Phi) is 2.44. The first kappa shape index (κ1) is 11.3. The van der Waals surface area contributed by atoms with Gasteiger partial charge in [-0.2, -0.15) is 5.10 Å². The Morgan fingerprint density at radius 3 is 2.89 bits per heavy atom. The molecule has 2 heterocycles. The van der Waals surface area contributed by atoms with Crippen LogP contribution in [0.3, 0.4) is 0 Å². The van der Waals surface area contributed by atoms with Gasteiger partial charge in [0, 0.05) is 19.2 Å². The largest absolute Gasteiger partial charge is 0.454 e. The van der Waals surface area contributed by atoms with Crippen molar-refractivity contribution >= 4 is 21.7 Å². The van der Waals surface area contributed by atoms with Gasteiger partial charge in [-0.1, -0.05) is 0 Å². The molecule has 0 saturated heterocycles. The molecule has 1 aromatic heterocycles. The van der Waals surface area contributed by atoms with E-state index in [1.54, 1.807) is 13.1 Å². The summed E-state index contributed by atoms with van der Waals surface area (Å²) in [5, 5.41) is 4.16. The lowest BCUT2D eigenvalue weighted by molar-refractivity contribution is 0.174. The fourth-order valence-corrected chi connectivity index (χ4v) is 2.23. The number of nitrogens with zero attached hydrogens (tertiary/aromatic N) is 2. The van der Waals surface area contributed by atoms with Gasteiger partial charge < -0.3 is 15.2 Å². The van der Waals surface area contributed by atoms with E-state index in [0.717, 1.165) is 0 Å². The highest BCUT2D eigenvalue weighted by Gasteiger charge is 2.26. The third-order valence-electron chi connectivity index (χ3n) is 2.73. The van der Waals surface area contributed by atoms with E-state index in [2.05, 4.69) is 21.0 Å². The lowest BCUT2D eigenvalue weighted by Gasteiger charge is -2.06. The Hall–Kier alpha value is -1.76. The number of fused-ring (bicyclic) bond motifs is 1. The zero-order valence-electron chi connectivity index (χ0n) is 9.41. The summed E-state index contributed by atoms with van der Waals surface area (Å²) in [7, 11) is 1.69. The Morgan fingerprint density at radius 1 is 1.44 bits per heavy atom. The van der Waals surface area contributed by atoms with Gasteiger partial charge in [0.05, 0.1) is 10.0 Å². The van der Waals surface area contributed by atoms with Crippen LogP contribution < -0.4 is 15.2 Å². The van der Waals surface area contributed by atoms with Crippen LogP contribution in [0.1, 0.15) is 0 Å². The van der Waals surface area contributed by atoms with Crippen molar-refractivity contribution in [3.63, 3.8) is 0 Å². The van der Waals surface area contributed by atoms with Crippen molar-refractivity contribution in [1.82, 2.24) is 9.78 Å². The van der Waals surface area contributed by atoms with Crippen molar-refractivity contribution in [3.8, 4) is 22.8 Å². The fourth-order valence-electron chi connectivity index (χ4n) is 1.82. The number of rotatable bonds is 1. The van der Waals surface area contributed by atoms with Crippen molar-refractivity contribution in [2.45, 2.75) is 0 Å². The molecule has 3 rings (SSSR count). The second-order valence-electron chi connectivity index (χ2n) is 3.86. The van der Waals surface area contributed by atoms with Crippen LogP contribution in [-0.4, -0.2) is 16.6 Å². The molecule has 0 radical (unpaired) electrons. The molecule has 1 aromatic carbocycles. The Morgan fingerprint density at radius 2 is 2.22 bits per heavy atom. The van der Waals surface area contributed by atoms with Crippen molar-refractivity contribution in [1.29, 1.82) is 0 Å². The molecule has 1 aliphatic heterocycles. The van der Waals surface area contributed by atoms with Gasteiger partial charge in [-0.05, 0) is 15.9 Å². The van der Waals surface area contributed by atoms with E-state index in [4.69, 9.17) is 15.2 Å². The molecule has 1 aliphatic rings. The number of nitrogen functional groups attached to an aromatic ring is 1. The molecule has 18 heavy (non-hydrogen) atoms. The summed E-state index contributed by atoms with van der Waals surface area (Å²) in [6.07, 6.45) is 0. The van der Waals surface area contributed by atoms with Crippen LogP contribution in [0, 0.1) is 5.82 Å². The third kappa shape index (κ3) is 1.54. The molecule has 5 nitrogen and oxygen atoms in total. The number of hydrogen-bond donors (Lipinski definition) is 1. The molecule has 0 bridgehead atoms. The molecule has 2 N–H and O–H groups in total. The van der Waals surface area contributed by atoms with Crippen molar-refractivity contribution in [2.24, 2.45) is 7.05 Å². The van der Waals surface area contributed by atoms with Gasteiger partial charge in [-0.25, -0.2) is 4.39 Å². The number of anilines is 1. The molecule has 0 saturated carbocycles. The van der Waals surface area contributed by atoms with Gasteiger partial charge in [0.2, 0.25) is 6.79 Å². The zero-order chi connectivity index (χ0) is 12.9. The summed E-state index contributed by atoms with van der Waals surface area (Å²) in [4.78, 5) is 0. The highest BCUT2D eigenvalue weighted by Crippen LogP contribution is 2.45. The molecule has 0 aliphatic carbocycles. The third-order valence-corrected chi connectivity index (χ3v) is 3.30. The normalized spacial score (nSPS) is 13.1. The van der Waals surface area contributed by atoms with Gasteiger partial charge in [0.15, 0.2) is 17.3 Å². The number of halogens is 2. The minimum atomic E-state index is -0.447. The topological polar surface area (TPSA) is 62.3 Å². The maximum Gasteiger partial charge on any atom is 0.231 e. The van der Waals surface area contributed by atoms with Crippen LogP contribution in [0.25, 0.3) is 11.3 Å². The second kappa shape index (κ2) is 3.88. The SMILES string of the molecule is Cn1nc(-c2c(F)c(Br)cc3c2OCO3)cc1N. The summed E-state index contributed by atoms with van der Waals surface area (Å²) in [5.41, 5.74) is 6.37. The van der Waals surface area contributed by atoms with Crippen LogP contribution >= 0.6 is 15.9 Å². The standard InChI is InChI=1S/C11H9BrFN3O2/c1-16-8(14)3-6(15-16)9-10(13)5(12)2-7-11(9)18-4-17-7/h2-3H,4,14H2,1H3. The lowest BCUT2D eigenvalue weighted by Crippen LogP contribution is -1.97. The summed E-state index contributed by atoms with van der Waals surface area (Å²) in [5.74, 6) is 0.839. The fraction of sp³-hybridized carbons (Fsp3) is 0.182. The number of aryl methyl sites for hydroxylation is 1. The maximum absolute atomic E-state index is 14.2. The van der Waals surface area contributed by atoms with Gasteiger partial charge in [0.1, 0.15) is 11.5 Å². The van der Waals surface area contributed by atoms with Crippen molar-refractivity contribution < 1.29 is 13.9 Å². The molecule has 0 fully saturated rings. The first-order valence-corrected chi connectivity index (χ1v) is 5.94. The zero-order valence-corrected chi connectivity index (χ0v) is 11.0. The molecule has 0 spiro atoms. The number of benzene rings is 1. The molecule has 94 valence electrons. The van der Waals surface area contributed by atoms with Crippen molar-refractivity contribution in [3.05, 3.63) is 22.4 Å². The number of ether oxygens (including phenoxy) is 2. The second-order valence-corrected chi connectivity index (χ2v) is 4.71. The van der Waals surface area contributed by atoms with E-state index in [9.17, 15) is 4.39 Å². The minimum absolute atomic E-state index is 0.0700. The Balaban J connectivity index is 2.28. The Bertz CT molecular complexity index is 622. The first-order valence-electron chi connectivity index (χ1n) is 5.15. The summed E-state index contributed by atoms with van der Waals surface area (Å²) >= 11 is 3.15. The predicted molar refractivity (Wildman–Crippen MR) is 66.8 cm³/mol. The van der Waals surface area contributed by atoms with Crippen LogP contribution in [0.15, 0.2) is 16.6 Å². The highest BCUT2D eigenvalue weighted by atomic mass is 79.9. The van der Waals surface area contributed by atoms with Crippen molar-refractivity contribution in [2.75, 3.05) is 12.5 Å². The first-order chi connectivity index (χ1) is 8.58. The smallest absolute Gasteiger partial charge is 0.231 e.